The predicted octanol–water partition coefficient (Wildman–Crippen LogP) is 2.66. The number of piperidine rings is 1. The van der Waals surface area contributed by atoms with Crippen LogP contribution >= 0.6 is 0 Å². The molecule has 2 aromatic rings. The maximum atomic E-state index is 12.3. The minimum absolute atomic E-state index is 0.220. The molecule has 4 heteroatoms. The number of ether oxygens (including phenoxy) is 1. The standard InChI is InChI=1S/C16H20N2O2/c1-20-14-5-6-15-13(11-14)7-10-18(15)12-16(19)17-8-3-2-4-9-17/h5-7,10-11H,2-4,8-9,12H2,1H3. The van der Waals surface area contributed by atoms with Gasteiger partial charge in [-0.25, -0.2) is 0 Å². The highest BCUT2D eigenvalue weighted by Crippen LogP contribution is 2.22. The zero-order valence-corrected chi connectivity index (χ0v) is 11.8. The Balaban J connectivity index is 1.78. The van der Waals surface area contributed by atoms with Gasteiger partial charge in [0, 0.05) is 30.2 Å². The fraction of sp³-hybridized carbons (Fsp3) is 0.438. The van der Waals surface area contributed by atoms with Crippen LogP contribution in [0.5, 0.6) is 5.75 Å². The molecular formula is C16H20N2O2. The topological polar surface area (TPSA) is 34.5 Å². The maximum Gasteiger partial charge on any atom is 0.242 e. The van der Waals surface area contributed by atoms with Crippen LogP contribution in [-0.2, 0) is 11.3 Å². The van der Waals surface area contributed by atoms with Crippen molar-refractivity contribution in [3.05, 3.63) is 30.5 Å². The van der Waals surface area contributed by atoms with Crippen molar-refractivity contribution in [2.75, 3.05) is 20.2 Å². The average molecular weight is 272 g/mol. The average Bonchev–Trinajstić information content (AvgIpc) is 2.90. The molecule has 1 aliphatic rings. The van der Waals surface area contributed by atoms with Crippen molar-refractivity contribution in [3.8, 4) is 5.75 Å². The molecule has 0 saturated carbocycles. The van der Waals surface area contributed by atoms with E-state index in [0.717, 1.165) is 42.6 Å². The van der Waals surface area contributed by atoms with E-state index in [1.54, 1.807) is 7.11 Å². The molecule has 1 aliphatic heterocycles. The Kier molecular flexibility index (Phi) is 3.63. The third-order valence-corrected chi connectivity index (χ3v) is 3.99. The van der Waals surface area contributed by atoms with E-state index in [4.69, 9.17) is 4.74 Å². The number of fused-ring (bicyclic) bond motifs is 1. The summed E-state index contributed by atoms with van der Waals surface area (Å²) in [5.41, 5.74) is 1.08. The normalized spacial score (nSPS) is 15.6. The van der Waals surface area contributed by atoms with Gasteiger partial charge in [-0.05, 0) is 43.5 Å². The molecule has 0 aliphatic carbocycles. The SMILES string of the molecule is COc1ccc2c(ccn2CC(=O)N2CCCCC2)c1. The highest BCUT2D eigenvalue weighted by atomic mass is 16.5. The van der Waals surface area contributed by atoms with Crippen LogP contribution in [0.3, 0.4) is 0 Å². The van der Waals surface area contributed by atoms with E-state index in [0.29, 0.717) is 6.54 Å². The molecule has 1 aromatic heterocycles. The van der Waals surface area contributed by atoms with Crippen molar-refractivity contribution in [2.24, 2.45) is 0 Å². The van der Waals surface area contributed by atoms with Crippen molar-refractivity contribution in [1.29, 1.82) is 0 Å². The number of aromatic nitrogens is 1. The summed E-state index contributed by atoms with van der Waals surface area (Å²) in [7, 11) is 1.66. The summed E-state index contributed by atoms with van der Waals surface area (Å²) >= 11 is 0. The van der Waals surface area contributed by atoms with Gasteiger partial charge in [0.2, 0.25) is 5.91 Å². The van der Waals surface area contributed by atoms with Crippen LogP contribution in [0.15, 0.2) is 30.5 Å². The van der Waals surface area contributed by atoms with Crippen molar-refractivity contribution < 1.29 is 9.53 Å². The zero-order chi connectivity index (χ0) is 13.9. The molecule has 0 bridgehead atoms. The Morgan fingerprint density at radius 1 is 1.20 bits per heavy atom. The lowest BCUT2D eigenvalue weighted by atomic mass is 10.1. The lowest BCUT2D eigenvalue weighted by molar-refractivity contribution is -0.132. The van der Waals surface area contributed by atoms with E-state index in [9.17, 15) is 4.79 Å². The minimum Gasteiger partial charge on any atom is -0.497 e. The van der Waals surface area contributed by atoms with Crippen LogP contribution in [0.4, 0.5) is 0 Å². The van der Waals surface area contributed by atoms with Crippen LogP contribution in [0, 0.1) is 0 Å². The molecule has 2 heterocycles. The van der Waals surface area contributed by atoms with Gasteiger partial charge in [-0.1, -0.05) is 0 Å². The summed E-state index contributed by atoms with van der Waals surface area (Å²) < 4.78 is 7.24. The molecule has 1 aromatic carbocycles. The Labute approximate surface area is 118 Å². The molecule has 0 unspecified atom stereocenters. The second-order valence-corrected chi connectivity index (χ2v) is 5.31. The summed E-state index contributed by atoms with van der Waals surface area (Å²) in [4.78, 5) is 14.3. The number of methoxy groups -OCH3 is 1. The van der Waals surface area contributed by atoms with E-state index >= 15 is 0 Å². The first-order chi connectivity index (χ1) is 9.78. The van der Waals surface area contributed by atoms with Gasteiger partial charge in [-0.2, -0.15) is 0 Å². The summed E-state index contributed by atoms with van der Waals surface area (Å²) in [5, 5.41) is 1.11. The largest absolute Gasteiger partial charge is 0.497 e. The second kappa shape index (κ2) is 5.57. The Bertz CT molecular complexity index is 612. The van der Waals surface area contributed by atoms with Crippen molar-refractivity contribution in [3.63, 3.8) is 0 Å². The highest BCUT2D eigenvalue weighted by Gasteiger charge is 2.17. The van der Waals surface area contributed by atoms with Crippen LogP contribution in [0.2, 0.25) is 0 Å². The van der Waals surface area contributed by atoms with E-state index in [2.05, 4.69) is 0 Å². The number of carbonyl (C=O) groups is 1. The third kappa shape index (κ3) is 2.50. The monoisotopic (exact) mass is 272 g/mol. The Morgan fingerprint density at radius 2 is 2.00 bits per heavy atom. The first kappa shape index (κ1) is 13.0. The van der Waals surface area contributed by atoms with Gasteiger partial charge in [-0.15, -0.1) is 0 Å². The number of rotatable bonds is 3. The molecule has 1 fully saturated rings. The van der Waals surface area contributed by atoms with Crippen molar-refractivity contribution >= 4 is 16.8 Å². The van der Waals surface area contributed by atoms with Gasteiger partial charge in [0.25, 0.3) is 0 Å². The van der Waals surface area contributed by atoms with Gasteiger partial charge in [0.1, 0.15) is 12.3 Å². The zero-order valence-electron chi connectivity index (χ0n) is 11.8. The molecule has 4 nitrogen and oxygen atoms in total. The molecule has 0 spiro atoms. The van der Waals surface area contributed by atoms with E-state index < -0.39 is 0 Å². The molecule has 0 radical (unpaired) electrons. The van der Waals surface area contributed by atoms with E-state index in [1.165, 1.54) is 6.42 Å². The molecule has 1 saturated heterocycles. The lowest BCUT2D eigenvalue weighted by Gasteiger charge is -2.27. The van der Waals surface area contributed by atoms with Crippen LogP contribution in [0.25, 0.3) is 10.9 Å². The Hall–Kier alpha value is -1.97. The quantitative estimate of drug-likeness (QED) is 0.861. The molecule has 3 rings (SSSR count). The summed E-state index contributed by atoms with van der Waals surface area (Å²) in [5.74, 6) is 1.07. The number of likely N-dealkylation sites (tertiary alicyclic amines) is 1. The summed E-state index contributed by atoms with van der Waals surface area (Å²) in [6, 6.07) is 7.97. The Morgan fingerprint density at radius 3 is 2.75 bits per heavy atom. The minimum atomic E-state index is 0.220. The van der Waals surface area contributed by atoms with Crippen LogP contribution in [0.1, 0.15) is 19.3 Å². The number of benzene rings is 1. The molecule has 0 N–H and O–H groups in total. The van der Waals surface area contributed by atoms with Gasteiger partial charge in [-0.3, -0.25) is 4.79 Å². The predicted molar refractivity (Wildman–Crippen MR) is 78.9 cm³/mol. The summed E-state index contributed by atoms with van der Waals surface area (Å²) in [6.07, 6.45) is 5.49. The lowest BCUT2D eigenvalue weighted by Crippen LogP contribution is -2.37. The van der Waals surface area contributed by atoms with Gasteiger partial charge in [0.05, 0.1) is 7.11 Å². The highest BCUT2D eigenvalue weighted by molar-refractivity contribution is 5.84. The second-order valence-electron chi connectivity index (χ2n) is 5.31. The van der Waals surface area contributed by atoms with Gasteiger partial charge < -0.3 is 14.2 Å². The number of carbonyl (C=O) groups excluding carboxylic acids is 1. The molecule has 20 heavy (non-hydrogen) atoms. The maximum absolute atomic E-state index is 12.3. The number of amides is 1. The van der Waals surface area contributed by atoms with Crippen LogP contribution < -0.4 is 4.74 Å². The van der Waals surface area contributed by atoms with Crippen LogP contribution in [-0.4, -0.2) is 35.6 Å². The van der Waals surface area contributed by atoms with Crippen molar-refractivity contribution in [1.82, 2.24) is 9.47 Å². The molecule has 1 amide bonds. The molecular weight excluding hydrogens is 252 g/mol. The van der Waals surface area contributed by atoms with E-state index in [-0.39, 0.29) is 5.91 Å². The number of nitrogens with zero attached hydrogens (tertiary/aromatic N) is 2. The summed E-state index contributed by atoms with van der Waals surface area (Å²) in [6.45, 7) is 2.24. The van der Waals surface area contributed by atoms with Crippen molar-refractivity contribution in [2.45, 2.75) is 25.8 Å². The first-order valence-electron chi connectivity index (χ1n) is 7.18. The molecule has 0 atom stereocenters. The number of hydrogen-bond donors (Lipinski definition) is 0. The van der Waals surface area contributed by atoms with Gasteiger partial charge >= 0.3 is 0 Å². The van der Waals surface area contributed by atoms with Gasteiger partial charge in [0.15, 0.2) is 0 Å². The third-order valence-electron chi connectivity index (χ3n) is 3.99. The fourth-order valence-electron chi connectivity index (χ4n) is 2.83. The fourth-order valence-corrected chi connectivity index (χ4v) is 2.83. The first-order valence-corrected chi connectivity index (χ1v) is 7.18. The number of hydrogen-bond acceptors (Lipinski definition) is 2. The van der Waals surface area contributed by atoms with E-state index in [1.807, 2.05) is 39.9 Å². The molecule has 106 valence electrons. The smallest absolute Gasteiger partial charge is 0.242 e.